The Morgan fingerprint density at radius 1 is 1.05 bits per heavy atom. The Balaban J connectivity index is 1.44. The summed E-state index contributed by atoms with van der Waals surface area (Å²) in [5.41, 5.74) is 2.87. The van der Waals surface area contributed by atoms with Crippen LogP contribution in [-0.2, 0) is 16.1 Å². The molecule has 1 saturated heterocycles. The lowest BCUT2D eigenvalue weighted by atomic mass is 9.85. The number of carbonyl (C=O) groups excluding carboxylic acids is 2. The molecule has 2 heterocycles. The summed E-state index contributed by atoms with van der Waals surface area (Å²) < 4.78 is 15.5. The molecule has 2 fully saturated rings. The second-order valence-corrected chi connectivity index (χ2v) is 11.2. The van der Waals surface area contributed by atoms with E-state index in [0.717, 1.165) is 49.7 Å². The first-order chi connectivity index (χ1) is 19.2. The topological polar surface area (TPSA) is 117 Å². The number of carboxylic acids is 1. The van der Waals surface area contributed by atoms with Crippen molar-refractivity contribution < 1.29 is 23.9 Å². The molecule has 9 nitrogen and oxygen atoms in total. The molecule has 0 unspecified atom stereocenters. The predicted molar refractivity (Wildman–Crippen MR) is 149 cm³/mol. The largest absolute Gasteiger partial charge is 0.480 e. The van der Waals surface area contributed by atoms with Gasteiger partial charge in [-0.1, -0.05) is 6.07 Å². The van der Waals surface area contributed by atoms with Crippen LogP contribution in [-0.4, -0.2) is 56.0 Å². The maximum atomic E-state index is 13.4. The predicted octanol–water partition coefficient (Wildman–Crippen LogP) is 4.73. The number of rotatable bonds is 8. The summed E-state index contributed by atoms with van der Waals surface area (Å²) >= 11 is 0. The van der Waals surface area contributed by atoms with Crippen molar-refractivity contribution in [3.8, 4) is 0 Å². The molecule has 1 atom stereocenters. The number of nitrogens with zero attached hydrogens (tertiary/aromatic N) is 3. The molecule has 2 aromatic carbocycles. The van der Waals surface area contributed by atoms with Crippen molar-refractivity contribution in [1.29, 1.82) is 0 Å². The van der Waals surface area contributed by atoms with Gasteiger partial charge in [-0.05, 0) is 101 Å². The van der Waals surface area contributed by atoms with Crippen LogP contribution < -0.4 is 10.6 Å². The minimum absolute atomic E-state index is 0.0189. The molecule has 10 heteroatoms. The van der Waals surface area contributed by atoms with E-state index in [1.54, 1.807) is 0 Å². The number of aromatic nitrogens is 2. The molecule has 3 N–H and O–H groups in total. The first-order valence-corrected chi connectivity index (χ1v) is 14.0. The highest BCUT2D eigenvalue weighted by molar-refractivity contribution is 6.04. The molecule has 40 heavy (non-hydrogen) atoms. The summed E-state index contributed by atoms with van der Waals surface area (Å²) in [6.45, 7) is 5.15. The molecule has 1 aliphatic carbocycles. The van der Waals surface area contributed by atoms with E-state index in [-0.39, 0.29) is 29.8 Å². The SMILES string of the molecule is CC(C)NC(=O)C1CCC(n2c(NC(=O)c3ccc(F)cc3)nc3ccc(CN4CCC[C@H]4C(=O)O)cc32)CC1. The van der Waals surface area contributed by atoms with Gasteiger partial charge in [0, 0.05) is 30.1 Å². The number of fused-ring (bicyclic) bond motifs is 1. The molecule has 0 spiro atoms. The Hall–Kier alpha value is -3.79. The number of nitrogens with one attached hydrogen (secondary N) is 2. The van der Waals surface area contributed by atoms with Gasteiger partial charge in [0.05, 0.1) is 11.0 Å². The lowest BCUT2D eigenvalue weighted by molar-refractivity contribution is -0.142. The number of hydrogen-bond acceptors (Lipinski definition) is 5. The zero-order chi connectivity index (χ0) is 28.4. The minimum Gasteiger partial charge on any atom is -0.480 e. The zero-order valence-electron chi connectivity index (χ0n) is 22.9. The first kappa shape index (κ1) is 27.8. The summed E-state index contributed by atoms with van der Waals surface area (Å²) in [6.07, 6.45) is 4.44. The monoisotopic (exact) mass is 549 g/mol. The second-order valence-electron chi connectivity index (χ2n) is 11.2. The fourth-order valence-electron chi connectivity index (χ4n) is 6.00. The lowest BCUT2D eigenvalue weighted by Gasteiger charge is -2.30. The van der Waals surface area contributed by atoms with Crippen molar-refractivity contribution in [2.75, 3.05) is 11.9 Å². The normalized spacial score (nSPS) is 21.6. The lowest BCUT2D eigenvalue weighted by Crippen LogP contribution is -2.37. The van der Waals surface area contributed by atoms with Crippen LogP contribution in [0.15, 0.2) is 42.5 Å². The van der Waals surface area contributed by atoms with Gasteiger partial charge < -0.3 is 15.0 Å². The molecule has 2 amide bonds. The highest BCUT2D eigenvalue weighted by Gasteiger charge is 2.32. The van der Waals surface area contributed by atoms with Crippen molar-refractivity contribution >= 4 is 34.8 Å². The third kappa shape index (κ3) is 6.01. The van der Waals surface area contributed by atoms with E-state index >= 15 is 0 Å². The fraction of sp³-hybridized carbons (Fsp3) is 0.467. The van der Waals surface area contributed by atoms with Crippen LogP contribution in [0.4, 0.5) is 10.3 Å². The van der Waals surface area contributed by atoms with E-state index in [1.165, 1.54) is 24.3 Å². The fourth-order valence-corrected chi connectivity index (χ4v) is 6.00. The summed E-state index contributed by atoms with van der Waals surface area (Å²) in [5.74, 6) is -1.17. The van der Waals surface area contributed by atoms with Gasteiger partial charge in [0.2, 0.25) is 11.9 Å². The minimum atomic E-state index is -0.798. The van der Waals surface area contributed by atoms with Gasteiger partial charge in [-0.2, -0.15) is 0 Å². The maximum Gasteiger partial charge on any atom is 0.320 e. The summed E-state index contributed by atoms with van der Waals surface area (Å²) in [5, 5.41) is 15.6. The van der Waals surface area contributed by atoms with Gasteiger partial charge in [0.25, 0.3) is 5.91 Å². The number of amides is 2. The van der Waals surface area contributed by atoms with Crippen LogP contribution in [0, 0.1) is 11.7 Å². The molecule has 1 saturated carbocycles. The summed E-state index contributed by atoms with van der Waals surface area (Å²) in [7, 11) is 0. The van der Waals surface area contributed by atoms with E-state index in [9.17, 15) is 23.9 Å². The van der Waals surface area contributed by atoms with E-state index in [0.29, 0.717) is 30.0 Å². The van der Waals surface area contributed by atoms with Gasteiger partial charge in [0.15, 0.2) is 0 Å². The molecule has 3 aromatic rings. The van der Waals surface area contributed by atoms with Gasteiger partial charge in [-0.25, -0.2) is 9.37 Å². The smallest absolute Gasteiger partial charge is 0.320 e. The molecule has 212 valence electrons. The van der Waals surface area contributed by atoms with Crippen molar-refractivity contribution in [3.05, 3.63) is 59.4 Å². The van der Waals surface area contributed by atoms with E-state index in [4.69, 9.17) is 4.98 Å². The highest BCUT2D eigenvalue weighted by Crippen LogP contribution is 2.37. The average molecular weight is 550 g/mol. The van der Waals surface area contributed by atoms with Crippen molar-refractivity contribution in [1.82, 2.24) is 19.8 Å². The van der Waals surface area contributed by atoms with Gasteiger partial charge in [-0.15, -0.1) is 0 Å². The van der Waals surface area contributed by atoms with Crippen LogP contribution in [0.25, 0.3) is 11.0 Å². The number of hydrogen-bond donors (Lipinski definition) is 3. The van der Waals surface area contributed by atoms with Gasteiger partial charge in [-0.3, -0.25) is 24.6 Å². The van der Waals surface area contributed by atoms with Crippen molar-refractivity contribution in [2.24, 2.45) is 5.92 Å². The molecule has 0 bridgehead atoms. The third-order valence-electron chi connectivity index (χ3n) is 7.98. The third-order valence-corrected chi connectivity index (χ3v) is 7.98. The molecule has 1 aromatic heterocycles. The average Bonchev–Trinajstić information content (AvgIpc) is 3.53. The second kappa shape index (κ2) is 11.8. The molecule has 0 radical (unpaired) electrons. The summed E-state index contributed by atoms with van der Waals surface area (Å²) in [6, 6.07) is 10.9. The molecule has 5 rings (SSSR count). The maximum absolute atomic E-state index is 13.4. The Morgan fingerprint density at radius 3 is 2.45 bits per heavy atom. The van der Waals surface area contributed by atoms with Crippen molar-refractivity contribution in [3.63, 3.8) is 0 Å². The zero-order valence-corrected chi connectivity index (χ0v) is 22.9. The number of anilines is 1. The van der Waals surface area contributed by atoms with Crippen LogP contribution in [0.1, 0.15) is 74.3 Å². The molecule has 1 aliphatic heterocycles. The van der Waals surface area contributed by atoms with E-state index in [2.05, 4.69) is 15.2 Å². The Kier molecular flexibility index (Phi) is 8.16. The Bertz CT molecular complexity index is 1400. The Labute approximate surface area is 232 Å². The number of aliphatic carboxylic acids is 1. The Morgan fingerprint density at radius 2 is 1.77 bits per heavy atom. The molecular weight excluding hydrogens is 513 g/mol. The van der Waals surface area contributed by atoms with Crippen molar-refractivity contribution in [2.45, 2.75) is 77.0 Å². The first-order valence-electron chi connectivity index (χ1n) is 14.0. The van der Waals surface area contributed by atoms with E-state index in [1.807, 2.05) is 36.9 Å². The highest BCUT2D eigenvalue weighted by atomic mass is 19.1. The number of likely N-dealkylation sites (tertiary alicyclic amines) is 1. The standard InChI is InChI=1S/C30H36FN5O4/c1-18(2)32-27(37)21-8-12-23(13-9-21)36-26-16-19(17-35-15-3-4-25(35)29(39)40)5-14-24(26)33-30(36)34-28(38)20-6-10-22(31)11-7-20/h5-7,10-11,14,16,18,21,23,25H,3-4,8-9,12-13,15,17H2,1-2H3,(H,32,37)(H,39,40)(H,33,34,38)/t21?,23?,25-/m0/s1. The summed E-state index contributed by atoms with van der Waals surface area (Å²) in [4.78, 5) is 44.1. The number of benzene rings is 2. The molecular formula is C30H36FN5O4. The number of carboxylic acid groups (broad SMARTS) is 1. The van der Waals surface area contributed by atoms with Gasteiger partial charge >= 0.3 is 5.97 Å². The quantitative estimate of drug-likeness (QED) is 0.374. The van der Waals surface area contributed by atoms with E-state index < -0.39 is 17.8 Å². The van der Waals surface area contributed by atoms with Crippen LogP contribution in [0.2, 0.25) is 0 Å². The number of halogens is 1. The van der Waals surface area contributed by atoms with Crippen LogP contribution >= 0.6 is 0 Å². The van der Waals surface area contributed by atoms with Gasteiger partial charge in [0.1, 0.15) is 11.9 Å². The number of carbonyl (C=O) groups is 3. The number of imidazole rings is 1. The van der Waals surface area contributed by atoms with Crippen LogP contribution in [0.5, 0.6) is 0 Å². The molecule has 2 aliphatic rings. The van der Waals surface area contributed by atoms with Crippen LogP contribution in [0.3, 0.4) is 0 Å².